The van der Waals surface area contributed by atoms with Crippen LogP contribution < -0.4 is 10.7 Å². The molecule has 124 valence electrons. The van der Waals surface area contributed by atoms with Crippen molar-refractivity contribution in [3.8, 4) is 0 Å². The Labute approximate surface area is 143 Å². The molecule has 0 atom stereocenters. The van der Waals surface area contributed by atoms with Crippen LogP contribution in [-0.4, -0.2) is 18.0 Å². The Hall–Kier alpha value is -2.73. The maximum Gasteiger partial charge on any atom is 0.240 e. The SMILES string of the molecule is O=C(CCC(=O)Nc1cccc(Cl)c1)N/N=C\c1ccccc1F. The highest BCUT2D eigenvalue weighted by Crippen LogP contribution is 2.15. The normalized spacial score (nSPS) is 10.6. The molecule has 0 spiro atoms. The van der Waals surface area contributed by atoms with Gasteiger partial charge in [0.2, 0.25) is 11.8 Å². The third-order valence-corrected chi connectivity index (χ3v) is 3.22. The molecule has 2 aromatic carbocycles. The minimum absolute atomic E-state index is 0.00638. The Morgan fingerprint density at radius 2 is 1.83 bits per heavy atom. The van der Waals surface area contributed by atoms with Gasteiger partial charge in [0.1, 0.15) is 5.82 Å². The largest absolute Gasteiger partial charge is 0.326 e. The minimum atomic E-state index is -0.441. The van der Waals surface area contributed by atoms with E-state index < -0.39 is 11.7 Å². The van der Waals surface area contributed by atoms with E-state index in [-0.39, 0.29) is 24.3 Å². The van der Waals surface area contributed by atoms with E-state index in [9.17, 15) is 14.0 Å². The lowest BCUT2D eigenvalue weighted by Gasteiger charge is -2.05. The molecule has 0 radical (unpaired) electrons. The number of rotatable bonds is 6. The molecule has 2 rings (SSSR count). The molecule has 0 bridgehead atoms. The second-order valence-corrected chi connectivity index (χ2v) is 5.31. The highest BCUT2D eigenvalue weighted by Gasteiger charge is 2.07. The molecular weight excluding hydrogens is 333 g/mol. The van der Waals surface area contributed by atoms with Crippen molar-refractivity contribution in [1.82, 2.24) is 5.43 Å². The lowest BCUT2D eigenvalue weighted by atomic mass is 10.2. The van der Waals surface area contributed by atoms with Crippen LogP contribution in [-0.2, 0) is 9.59 Å². The summed E-state index contributed by atoms with van der Waals surface area (Å²) in [5, 5.41) is 6.81. The quantitative estimate of drug-likeness (QED) is 0.621. The first-order chi connectivity index (χ1) is 11.5. The van der Waals surface area contributed by atoms with Gasteiger partial charge in [-0.15, -0.1) is 0 Å². The van der Waals surface area contributed by atoms with Crippen LogP contribution in [0.5, 0.6) is 0 Å². The van der Waals surface area contributed by atoms with Gasteiger partial charge < -0.3 is 5.32 Å². The zero-order chi connectivity index (χ0) is 17.4. The van der Waals surface area contributed by atoms with Gasteiger partial charge in [0.15, 0.2) is 0 Å². The van der Waals surface area contributed by atoms with Crippen LogP contribution in [0.25, 0.3) is 0 Å². The Kier molecular flexibility index (Phi) is 6.45. The highest BCUT2D eigenvalue weighted by molar-refractivity contribution is 6.30. The molecule has 24 heavy (non-hydrogen) atoms. The van der Waals surface area contributed by atoms with Crippen LogP contribution in [0.2, 0.25) is 5.02 Å². The Morgan fingerprint density at radius 3 is 2.58 bits per heavy atom. The van der Waals surface area contributed by atoms with Gasteiger partial charge in [-0.1, -0.05) is 35.9 Å². The van der Waals surface area contributed by atoms with Crippen molar-refractivity contribution in [3.05, 3.63) is 64.9 Å². The number of hydrogen-bond donors (Lipinski definition) is 2. The van der Waals surface area contributed by atoms with Crippen molar-refractivity contribution in [2.24, 2.45) is 5.10 Å². The van der Waals surface area contributed by atoms with E-state index in [1.165, 1.54) is 18.3 Å². The van der Waals surface area contributed by atoms with Crippen molar-refractivity contribution >= 4 is 35.3 Å². The van der Waals surface area contributed by atoms with Crippen molar-refractivity contribution in [2.45, 2.75) is 12.8 Å². The number of anilines is 1. The fourth-order valence-corrected chi connectivity index (χ4v) is 2.02. The van der Waals surface area contributed by atoms with Crippen LogP contribution in [0.3, 0.4) is 0 Å². The summed E-state index contributed by atoms with van der Waals surface area (Å²) >= 11 is 5.82. The van der Waals surface area contributed by atoms with Gasteiger partial charge in [-0.05, 0) is 24.3 Å². The molecule has 0 aliphatic carbocycles. The molecule has 0 fully saturated rings. The molecular formula is C17H15ClFN3O2. The van der Waals surface area contributed by atoms with Crippen LogP contribution in [0.4, 0.5) is 10.1 Å². The second kappa shape index (κ2) is 8.79. The molecule has 0 unspecified atom stereocenters. The molecule has 0 saturated heterocycles. The monoisotopic (exact) mass is 347 g/mol. The smallest absolute Gasteiger partial charge is 0.240 e. The van der Waals surface area contributed by atoms with Crippen LogP contribution >= 0.6 is 11.6 Å². The fraction of sp³-hybridized carbons (Fsp3) is 0.118. The number of halogens is 2. The average Bonchev–Trinajstić information content (AvgIpc) is 2.55. The van der Waals surface area contributed by atoms with E-state index in [1.54, 1.807) is 36.4 Å². The third-order valence-electron chi connectivity index (χ3n) is 2.99. The van der Waals surface area contributed by atoms with Crippen LogP contribution in [0.1, 0.15) is 18.4 Å². The number of carbonyl (C=O) groups excluding carboxylic acids is 2. The maximum absolute atomic E-state index is 13.3. The van der Waals surface area contributed by atoms with Gasteiger partial charge in [-0.3, -0.25) is 9.59 Å². The lowest BCUT2D eigenvalue weighted by Crippen LogP contribution is -2.20. The van der Waals surface area contributed by atoms with Gasteiger partial charge in [0, 0.05) is 29.1 Å². The molecule has 0 saturated carbocycles. The summed E-state index contributed by atoms with van der Waals surface area (Å²) in [6, 6.07) is 12.8. The van der Waals surface area contributed by atoms with E-state index in [0.717, 1.165) is 0 Å². The van der Waals surface area contributed by atoms with E-state index >= 15 is 0 Å². The van der Waals surface area contributed by atoms with E-state index in [0.29, 0.717) is 10.7 Å². The molecule has 2 aromatic rings. The summed E-state index contributed by atoms with van der Waals surface area (Å²) in [5.74, 6) is -1.19. The van der Waals surface area contributed by atoms with Gasteiger partial charge in [0.25, 0.3) is 0 Å². The summed E-state index contributed by atoms with van der Waals surface area (Å²) in [7, 11) is 0. The summed E-state index contributed by atoms with van der Waals surface area (Å²) in [4.78, 5) is 23.4. The predicted octanol–water partition coefficient (Wildman–Crippen LogP) is 3.35. The van der Waals surface area contributed by atoms with E-state index in [4.69, 9.17) is 11.6 Å². The molecule has 7 heteroatoms. The molecule has 5 nitrogen and oxygen atoms in total. The summed E-state index contributed by atoms with van der Waals surface area (Å²) in [6.45, 7) is 0. The molecule has 2 amide bonds. The number of nitrogens with zero attached hydrogens (tertiary/aromatic N) is 1. The Balaban J connectivity index is 1.75. The summed E-state index contributed by atoms with van der Waals surface area (Å²) in [6.07, 6.45) is 1.16. The standard InChI is InChI=1S/C17H15ClFN3O2/c18-13-5-3-6-14(10-13)21-16(23)8-9-17(24)22-20-11-12-4-1-2-7-15(12)19/h1-7,10-11H,8-9H2,(H,21,23)(H,22,24)/b20-11-. The zero-order valence-electron chi connectivity index (χ0n) is 12.6. The Morgan fingerprint density at radius 1 is 1.08 bits per heavy atom. The summed E-state index contributed by atoms with van der Waals surface area (Å²) < 4.78 is 13.3. The van der Waals surface area contributed by atoms with Crippen molar-refractivity contribution < 1.29 is 14.0 Å². The number of benzene rings is 2. The average molecular weight is 348 g/mol. The first-order valence-electron chi connectivity index (χ1n) is 7.16. The second-order valence-electron chi connectivity index (χ2n) is 4.87. The van der Waals surface area contributed by atoms with Gasteiger partial charge in [0.05, 0.1) is 6.21 Å². The number of hydrogen-bond acceptors (Lipinski definition) is 3. The number of hydrazone groups is 1. The van der Waals surface area contributed by atoms with Crippen molar-refractivity contribution in [1.29, 1.82) is 0 Å². The fourth-order valence-electron chi connectivity index (χ4n) is 1.83. The first kappa shape index (κ1) is 17.6. The summed E-state index contributed by atoms with van der Waals surface area (Å²) in [5.41, 5.74) is 3.07. The van der Waals surface area contributed by atoms with Crippen molar-refractivity contribution in [3.63, 3.8) is 0 Å². The number of amides is 2. The molecule has 0 aliphatic rings. The first-order valence-corrected chi connectivity index (χ1v) is 7.54. The minimum Gasteiger partial charge on any atom is -0.326 e. The highest BCUT2D eigenvalue weighted by atomic mass is 35.5. The third kappa shape index (κ3) is 5.81. The molecule has 0 aliphatic heterocycles. The van der Waals surface area contributed by atoms with Gasteiger partial charge >= 0.3 is 0 Å². The topological polar surface area (TPSA) is 70.6 Å². The molecule has 0 heterocycles. The molecule has 0 aromatic heterocycles. The van der Waals surface area contributed by atoms with Gasteiger partial charge in [-0.2, -0.15) is 5.10 Å². The zero-order valence-corrected chi connectivity index (χ0v) is 13.4. The predicted molar refractivity (Wildman–Crippen MR) is 91.5 cm³/mol. The van der Waals surface area contributed by atoms with E-state index in [1.807, 2.05) is 0 Å². The Bertz CT molecular complexity index is 765. The van der Waals surface area contributed by atoms with Crippen LogP contribution in [0.15, 0.2) is 53.6 Å². The molecule has 2 N–H and O–H groups in total. The number of nitrogens with one attached hydrogen (secondary N) is 2. The number of carbonyl (C=O) groups is 2. The maximum atomic E-state index is 13.3. The van der Waals surface area contributed by atoms with Crippen LogP contribution in [0, 0.1) is 5.82 Å². The van der Waals surface area contributed by atoms with E-state index in [2.05, 4.69) is 15.8 Å². The van der Waals surface area contributed by atoms with Gasteiger partial charge in [-0.25, -0.2) is 9.82 Å². The van der Waals surface area contributed by atoms with Crippen molar-refractivity contribution in [2.75, 3.05) is 5.32 Å². The lowest BCUT2D eigenvalue weighted by molar-refractivity contribution is -0.124.